The molecule has 0 spiro atoms. The molecule has 0 saturated carbocycles. The lowest BCUT2D eigenvalue weighted by Gasteiger charge is -2.34. The van der Waals surface area contributed by atoms with Crippen LogP contribution >= 0.6 is 0 Å². The Morgan fingerprint density at radius 1 is 1.14 bits per heavy atom. The minimum Gasteiger partial charge on any atom is -0.479 e. The standard InChI is InChI=1S/C20H22N2O6/c1-13(2)17(15-8-10-16(11-9-15)22(26)27)20(21,18(23)24)19(25)28-12-14-6-4-3-5-7-14/h3-11,13,17H,12,21H2,1-2H3,(H,23,24)/t17?,20-/m0/s1. The van der Waals surface area contributed by atoms with Crippen molar-refractivity contribution in [1.29, 1.82) is 0 Å². The summed E-state index contributed by atoms with van der Waals surface area (Å²) in [7, 11) is 0. The van der Waals surface area contributed by atoms with E-state index in [1.807, 2.05) is 0 Å². The molecule has 0 fully saturated rings. The van der Waals surface area contributed by atoms with Crippen LogP contribution in [0.25, 0.3) is 0 Å². The molecule has 28 heavy (non-hydrogen) atoms. The number of benzene rings is 2. The van der Waals surface area contributed by atoms with E-state index >= 15 is 0 Å². The molecule has 2 aromatic carbocycles. The van der Waals surface area contributed by atoms with Crippen molar-refractivity contribution in [3.63, 3.8) is 0 Å². The van der Waals surface area contributed by atoms with Crippen molar-refractivity contribution in [2.75, 3.05) is 0 Å². The van der Waals surface area contributed by atoms with Gasteiger partial charge in [-0.15, -0.1) is 0 Å². The van der Waals surface area contributed by atoms with E-state index in [0.29, 0.717) is 11.1 Å². The van der Waals surface area contributed by atoms with Crippen LogP contribution in [0.5, 0.6) is 0 Å². The first-order chi connectivity index (χ1) is 13.2. The number of hydrogen-bond donors (Lipinski definition) is 2. The van der Waals surface area contributed by atoms with Crippen LogP contribution in [0.4, 0.5) is 5.69 Å². The second-order valence-electron chi connectivity index (χ2n) is 6.81. The van der Waals surface area contributed by atoms with Gasteiger partial charge in [0.25, 0.3) is 5.69 Å². The number of rotatable bonds is 8. The molecule has 0 heterocycles. The lowest BCUT2D eigenvalue weighted by Crippen LogP contribution is -2.61. The number of hydrogen-bond acceptors (Lipinski definition) is 6. The third-order valence-electron chi connectivity index (χ3n) is 4.52. The van der Waals surface area contributed by atoms with Crippen molar-refractivity contribution in [2.45, 2.75) is 31.9 Å². The topological polar surface area (TPSA) is 133 Å². The summed E-state index contributed by atoms with van der Waals surface area (Å²) in [4.78, 5) is 35.1. The molecule has 1 unspecified atom stereocenters. The van der Waals surface area contributed by atoms with Crippen molar-refractivity contribution in [2.24, 2.45) is 11.7 Å². The van der Waals surface area contributed by atoms with E-state index in [9.17, 15) is 24.8 Å². The van der Waals surface area contributed by atoms with Gasteiger partial charge < -0.3 is 15.6 Å². The normalized spacial score (nSPS) is 14.1. The third-order valence-corrected chi connectivity index (χ3v) is 4.52. The second kappa shape index (κ2) is 8.62. The fraction of sp³-hybridized carbons (Fsp3) is 0.300. The number of carbonyl (C=O) groups is 2. The average Bonchev–Trinajstić information content (AvgIpc) is 2.66. The van der Waals surface area contributed by atoms with E-state index in [0.717, 1.165) is 0 Å². The van der Waals surface area contributed by atoms with Gasteiger partial charge in [-0.05, 0) is 17.0 Å². The molecule has 0 aliphatic carbocycles. The van der Waals surface area contributed by atoms with Crippen LogP contribution in [0.2, 0.25) is 0 Å². The van der Waals surface area contributed by atoms with Crippen LogP contribution in [0, 0.1) is 16.0 Å². The molecule has 2 rings (SSSR count). The second-order valence-corrected chi connectivity index (χ2v) is 6.81. The summed E-state index contributed by atoms with van der Waals surface area (Å²) in [5, 5.41) is 20.7. The summed E-state index contributed by atoms with van der Waals surface area (Å²) < 4.78 is 5.22. The first kappa shape index (κ1) is 21.0. The predicted molar refractivity (Wildman–Crippen MR) is 101 cm³/mol. The fourth-order valence-electron chi connectivity index (χ4n) is 3.17. The molecule has 2 atom stereocenters. The minimum absolute atomic E-state index is 0.114. The van der Waals surface area contributed by atoms with Gasteiger partial charge in [0.2, 0.25) is 5.54 Å². The van der Waals surface area contributed by atoms with Gasteiger partial charge in [-0.2, -0.15) is 0 Å². The van der Waals surface area contributed by atoms with E-state index in [1.165, 1.54) is 24.3 Å². The zero-order valence-corrected chi connectivity index (χ0v) is 15.6. The Morgan fingerprint density at radius 3 is 2.18 bits per heavy atom. The number of carbonyl (C=O) groups excluding carboxylic acids is 1. The number of ether oxygens (including phenoxy) is 1. The van der Waals surface area contributed by atoms with Crippen LogP contribution in [-0.2, 0) is 20.9 Å². The first-order valence-corrected chi connectivity index (χ1v) is 8.65. The molecule has 0 bridgehead atoms. The molecule has 2 aromatic rings. The molecule has 8 heteroatoms. The van der Waals surface area contributed by atoms with E-state index in [-0.39, 0.29) is 18.2 Å². The van der Waals surface area contributed by atoms with E-state index in [4.69, 9.17) is 10.5 Å². The Kier molecular flexibility index (Phi) is 6.48. The summed E-state index contributed by atoms with van der Waals surface area (Å²) in [6.07, 6.45) is 0. The van der Waals surface area contributed by atoms with Crippen molar-refractivity contribution < 1.29 is 24.4 Å². The largest absolute Gasteiger partial charge is 0.479 e. The lowest BCUT2D eigenvalue weighted by molar-refractivity contribution is -0.384. The highest BCUT2D eigenvalue weighted by Crippen LogP contribution is 2.36. The van der Waals surface area contributed by atoms with Crippen molar-refractivity contribution in [1.82, 2.24) is 0 Å². The number of carboxylic acid groups (broad SMARTS) is 1. The number of nitrogens with two attached hydrogens (primary N) is 1. The highest BCUT2D eigenvalue weighted by atomic mass is 16.6. The maximum atomic E-state index is 12.7. The maximum Gasteiger partial charge on any atom is 0.338 e. The lowest BCUT2D eigenvalue weighted by atomic mass is 9.73. The zero-order chi connectivity index (χ0) is 20.9. The number of carboxylic acids is 1. The Labute approximate surface area is 162 Å². The maximum absolute atomic E-state index is 12.7. The van der Waals surface area contributed by atoms with Crippen LogP contribution < -0.4 is 5.73 Å². The van der Waals surface area contributed by atoms with Crippen LogP contribution in [0.1, 0.15) is 30.9 Å². The molecule has 148 valence electrons. The molecule has 0 aromatic heterocycles. The number of nitrogens with zero attached hydrogens (tertiary/aromatic N) is 1. The SMILES string of the molecule is CC(C)C(c1ccc([N+](=O)[O-])cc1)[C@](N)(C(=O)O)C(=O)OCc1ccccc1. The smallest absolute Gasteiger partial charge is 0.338 e. The Hall–Kier alpha value is -3.26. The Balaban J connectivity index is 2.36. The van der Waals surface area contributed by atoms with Gasteiger partial charge in [-0.3, -0.25) is 10.1 Å². The van der Waals surface area contributed by atoms with Gasteiger partial charge >= 0.3 is 11.9 Å². The minimum atomic E-state index is -2.35. The molecule has 3 N–H and O–H groups in total. The zero-order valence-electron chi connectivity index (χ0n) is 15.6. The number of non-ortho nitro benzene ring substituents is 1. The summed E-state index contributed by atoms with van der Waals surface area (Å²) in [5.74, 6) is -3.90. The monoisotopic (exact) mass is 386 g/mol. The molecule has 0 amide bonds. The molecular formula is C20H22N2O6. The van der Waals surface area contributed by atoms with Gasteiger partial charge in [0.15, 0.2) is 0 Å². The highest BCUT2D eigenvalue weighted by molar-refractivity contribution is 6.05. The fourth-order valence-corrected chi connectivity index (χ4v) is 3.17. The van der Waals surface area contributed by atoms with E-state index in [2.05, 4.69) is 0 Å². The molecule has 0 aliphatic rings. The van der Waals surface area contributed by atoms with E-state index in [1.54, 1.807) is 44.2 Å². The van der Waals surface area contributed by atoms with Crippen molar-refractivity contribution in [3.05, 3.63) is 75.8 Å². The van der Waals surface area contributed by atoms with Crippen LogP contribution in [0.3, 0.4) is 0 Å². The Bertz CT molecular complexity index is 851. The van der Waals surface area contributed by atoms with Gasteiger partial charge in [-0.1, -0.05) is 56.3 Å². The van der Waals surface area contributed by atoms with Gasteiger partial charge in [-0.25, -0.2) is 9.59 Å². The van der Waals surface area contributed by atoms with Gasteiger partial charge in [0, 0.05) is 18.1 Å². The average molecular weight is 386 g/mol. The van der Waals surface area contributed by atoms with Gasteiger partial charge in [0.1, 0.15) is 6.61 Å². The highest BCUT2D eigenvalue weighted by Gasteiger charge is 2.52. The summed E-state index contributed by atoms with van der Waals surface area (Å²) in [6.45, 7) is 3.33. The third kappa shape index (κ3) is 4.34. The Morgan fingerprint density at radius 2 is 1.71 bits per heavy atom. The first-order valence-electron chi connectivity index (χ1n) is 8.65. The molecule has 0 saturated heterocycles. The van der Waals surface area contributed by atoms with Gasteiger partial charge in [0.05, 0.1) is 4.92 Å². The quantitative estimate of drug-likeness (QED) is 0.308. The van der Waals surface area contributed by atoms with Crippen molar-refractivity contribution >= 4 is 17.6 Å². The summed E-state index contributed by atoms with van der Waals surface area (Å²) in [6, 6.07) is 14.2. The molecule has 0 radical (unpaired) electrons. The summed E-state index contributed by atoms with van der Waals surface area (Å²) >= 11 is 0. The summed E-state index contributed by atoms with van der Waals surface area (Å²) in [5.41, 5.74) is 4.72. The molecule has 8 nitrogen and oxygen atoms in total. The number of nitro benzene ring substituents is 1. The van der Waals surface area contributed by atoms with E-state index < -0.39 is 28.3 Å². The number of aliphatic carboxylic acids is 1. The molecule has 0 aliphatic heterocycles. The number of nitro groups is 1. The molecular weight excluding hydrogens is 364 g/mol. The number of esters is 1. The van der Waals surface area contributed by atoms with Crippen molar-refractivity contribution in [3.8, 4) is 0 Å². The predicted octanol–water partition coefficient (Wildman–Crippen LogP) is 2.86. The van der Waals surface area contributed by atoms with Crippen LogP contribution in [-0.4, -0.2) is 27.5 Å². The van der Waals surface area contributed by atoms with Crippen LogP contribution in [0.15, 0.2) is 54.6 Å².